The quantitative estimate of drug-likeness (QED) is 0.528. The van der Waals surface area contributed by atoms with Gasteiger partial charge in [0.2, 0.25) is 11.5 Å². The van der Waals surface area contributed by atoms with Crippen molar-refractivity contribution in [2.75, 3.05) is 19.0 Å². The molecule has 0 radical (unpaired) electrons. The second-order valence-corrected chi connectivity index (χ2v) is 9.52. The molecule has 2 aromatic heterocycles. The molecule has 2 saturated carbocycles. The molecule has 0 aromatic carbocycles. The number of carboxylic acids is 1. The predicted octanol–water partition coefficient (Wildman–Crippen LogP) is 5.32. The molecule has 2 heterocycles. The molecule has 0 spiro atoms. The lowest BCUT2D eigenvalue weighted by molar-refractivity contribution is -0.151. The first kappa shape index (κ1) is 23.4. The minimum absolute atomic E-state index is 0.0498. The number of hydrogen-bond donors (Lipinski definition) is 2. The van der Waals surface area contributed by atoms with Crippen LogP contribution in [0.3, 0.4) is 0 Å². The van der Waals surface area contributed by atoms with Gasteiger partial charge in [-0.25, -0.2) is 23.5 Å². The number of anilines is 1. The number of pyridine rings is 2. The van der Waals surface area contributed by atoms with Crippen molar-refractivity contribution in [3.8, 4) is 5.88 Å². The van der Waals surface area contributed by atoms with Crippen molar-refractivity contribution in [1.82, 2.24) is 9.97 Å². The molecule has 33 heavy (non-hydrogen) atoms. The van der Waals surface area contributed by atoms with E-state index >= 15 is 4.39 Å². The summed E-state index contributed by atoms with van der Waals surface area (Å²) in [4.78, 5) is 19.8. The number of aromatic nitrogens is 2. The van der Waals surface area contributed by atoms with E-state index in [-0.39, 0.29) is 17.7 Å². The monoisotopic (exact) mass is 459 g/mol. The fraction of sp³-hybridized carbons (Fsp3) is 0.560. The smallest absolute Gasteiger partial charge is 0.341 e. The van der Waals surface area contributed by atoms with Gasteiger partial charge >= 0.3 is 5.97 Å². The van der Waals surface area contributed by atoms with Crippen LogP contribution in [-0.2, 0) is 4.79 Å². The minimum Gasteiger partial charge on any atom is -0.481 e. The fourth-order valence-electron chi connectivity index (χ4n) is 5.11. The summed E-state index contributed by atoms with van der Waals surface area (Å²) in [5, 5.41) is 12.8. The van der Waals surface area contributed by atoms with Crippen LogP contribution in [0, 0.1) is 17.7 Å². The van der Waals surface area contributed by atoms with Gasteiger partial charge in [-0.3, -0.25) is 0 Å². The number of alkyl halides is 1. The van der Waals surface area contributed by atoms with Gasteiger partial charge in [-0.2, -0.15) is 0 Å². The summed E-state index contributed by atoms with van der Waals surface area (Å²) >= 11 is 0. The van der Waals surface area contributed by atoms with Crippen LogP contribution in [-0.4, -0.2) is 40.4 Å². The van der Waals surface area contributed by atoms with Crippen molar-refractivity contribution in [2.45, 2.75) is 63.0 Å². The SMILES string of the molecule is COc1cc([C@H]2CC[C@H](CNc3cc(C(C4CC4)C(C)(F)C(=O)O)ccn3)CC2)c(F)cn1. The highest BCUT2D eigenvalue weighted by molar-refractivity contribution is 5.78. The molecule has 6 nitrogen and oxygen atoms in total. The zero-order valence-electron chi connectivity index (χ0n) is 19.1. The van der Waals surface area contributed by atoms with Gasteiger partial charge in [0.15, 0.2) is 0 Å². The van der Waals surface area contributed by atoms with E-state index in [9.17, 15) is 14.3 Å². The molecule has 2 aromatic rings. The lowest BCUT2D eigenvalue weighted by Gasteiger charge is -2.29. The number of carbonyl (C=O) groups is 1. The number of ether oxygens (including phenoxy) is 1. The van der Waals surface area contributed by atoms with E-state index in [0.29, 0.717) is 35.3 Å². The zero-order chi connectivity index (χ0) is 23.6. The Labute approximate surface area is 192 Å². The Morgan fingerprint density at radius 3 is 2.61 bits per heavy atom. The molecule has 0 aliphatic heterocycles. The maximum absolute atomic E-state index is 15.0. The summed E-state index contributed by atoms with van der Waals surface area (Å²) in [6, 6.07) is 5.20. The van der Waals surface area contributed by atoms with E-state index in [0.717, 1.165) is 45.4 Å². The standard InChI is InChI=1S/C25H31F2N3O3/c1-25(27,24(31)32)23(17-7-8-17)18-9-10-28-21(11-18)29-13-15-3-5-16(6-4-15)19-12-22(33-2)30-14-20(19)26/h9-12,14-17,23H,3-8,13H2,1-2H3,(H,28,29)(H,31,32)/t15-,16-,23?,25?. The van der Waals surface area contributed by atoms with Crippen LogP contribution in [0.25, 0.3) is 0 Å². The Balaban J connectivity index is 1.36. The molecule has 8 heteroatoms. The average molecular weight is 460 g/mol. The summed E-state index contributed by atoms with van der Waals surface area (Å²) in [7, 11) is 1.53. The summed E-state index contributed by atoms with van der Waals surface area (Å²) in [6.45, 7) is 1.87. The highest BCUT2D eigenvalue weighted by Crippen LogP contribution is 2.50. The Kier molecular flexibility index (Phi) is 6.81. The van der Waals surface area contributed by atoms with E-state index in [1.165, 1.54) is 13.3 Å². The average Bonchev–Trinajstić information content (AvgIpc) is 3.63. The van der Waals surface area contributed by atoms with E-state index in [4.69, 9.17) is 4.74 Å². The van der Waals surface area contributed by atoms with Crippen molar-refractivity contribution in [2.24, 2.45) is 11.8 Å². The first-order valence-electron chi connectivity index (χ1n) is 11.6. The third-order valence-electron chi connectivity index (χ3n) is 7.17. The lowest BCUT2D eigenvalue weighted by atomic mass is 9.78. The van der Waals surface area contributed by atoms with Gasteiger partial charge in [0.1, 0.15) is 11.6 Å². The number of aliphatic carboxylic acids is 1. The molecule has 2 aliphatic carbocycles. The fourth-order valence-corrected chi connectivity index (χ4v) is 5.11. The normalized spacial score (nSPS) is 23.4. The Bertz CT molecular complexity index is 989. The Morgan fingerprint density at radius 2 is 1.97 bits per heavy atom. The number of halogens is 2. The maximum atomic E-state index is 15.0. The number of hydrogen-bond acceptors (Lipinski definition) is 5. The second kappa shape index (κ2) is 9.61. The van der Waals surface area contributed by atoms with Gasteiger partial charge in [0, 0.05) is 24.7 Å². The Hall–Kier alpha value is -2.77. The molecule has 0 amide bonds. The van der Waals surface area contributed by atoms with Crippen LogP contribution in [0.5, 0.6) is 5.88 Å². The molecule has 2 atom stereocenters. The Morgan fingerprint density at radius 1 is 1.24 bits per heavy atom. The van der Waals surface area contributed by atoms with E-state index < -0.39 is 17.6 Å². The van der Waals surface area contributed by atoms with E-state index in [1.807, 2.05) is 0 Å². The summed E-state index contributed by atoms with van der Waals surface area (Å²) in [6.07, 6.45) is 8.19. The van der Waals surface area contributed by atoms with Crippen molar-refractivity contribution >= 4 is 11.8 Å². The van der Waals surface area contributed by atoms with Crippen LogP contribution in [0.2, 0.25) is 0 Å². The highest BCUT2D eigenvalue weighted by atomic mass is 19.1. The molecule has 2 fully saturated rings. The molecule has 4 rings (SSSR count). The van der Waals surface area contributed by atoms with Gasteiger partial charge in [-0.05, 0) is 86.5 Å². The van der Waals surface area contributed by atoms with Gasteiger partial charge in [-0.1, -0.05) is 0 Å². The summed E-state index contributed by atoms with van der Waals surface area (Å²) in [5.41, 5.74) is -0.974. The van der Waals surface area contributed by atoms with Crippen LogP contribution in [0.1, 0.15) is 68.4 Å². The number of carboxylic acid groups (broad SMARTS) is 1. The highest BCUT2D eigenvalue weighted by Gasteiger charge is 2.50. The van der Waals surface area contributed by atoms with Crippen LogP contribution < -0.4 is 10.1 Å². The van der Waals surface area contributed by atoms with E-state index in [1.54, 1.807) is 24.4 Å². The third kappa shape index (κ3) is 5.25. The van der Waals surface area contributed by atoms with Crippen molar-refractivity contribution in [1.29, 1.82) is 0 Å². The molecular weight excluding hydrogens is 428 g/mol. The largest absolute Gasteiger partial charge is 0.481 e. The minimum atomic E-state index is -2.32. The molecule has 0 saturated heterocycles. The van der Waals surface area contributed by atoms with Gasteiger partial charge in [0.05, 0.1) is 13.3 Å². The molecule has 2 unspecified atom stereocenters. The number of nitrogens with one attached hydrogen (secondary N) is 1. The van der Waals surface area contributed by atoms with Crippen molar-refractivity contribution in [3.63, 3.8) is 0 Å². The molecule has 2 N–H and O–H groups in total. The van der Waals surface area contributed by atoms with Gasteiger partial charge < -0.3 is 15.2 Å². The van der Waals surface area contributed by atoms with E-state index in [2.05, 4.69) is 15.3 Å². The van der Waals surface area contributed by atoms with Gasteiger partial charge in [0.25, 0.3) is 0 Å². The maximum Gasteiger partial charge on any atom is 0.341 e. The third-order valence-corrected chi connectivity index (χ3v) is 7.17. The van der Waals surface area contributed by atoms with Crippen LogP contribution in [0.4, 0.5) is 14.6 Å². The molecular formula is C25H31F2N3O3. The molecule has 0 bridgehead atoms. The summed E-state index contributed by atoms with van der Waals surface area (Å²) < 4.78 is 34.4. The van der Waals surface area contributed by atoms with Crippen LogP contribution in [0.15, 0.2) is 30.6 Å². The molecule has 2 aliphatic rings. The molecule has 178 valence electrons. The predicted molar refractivity (Wildman–Crippen MR) is 121 cm³/mol. The zero-order valence-corrected chi connectivity index (χ0v) is 19.1. The number of nitrogens with zero attached hydrogens (tertiary/aromatic N) is 2. The van der Waals surface area contributed by atoms with Gasteiger partial charge in [-0.15, -0.1) is 0 Å². The van der Waals surface area contributed by atoms with Crippen molar-refractivity contribution in [3.05, 3.63) is 47.5 Å². The number of rotatable bonds is 9. The lowest BCUT2D eigenvalue weighted by Crippen LogP contribution is -2.38. The first-order chi connectivity index (χ1) is 15.8. The number of methoxy groups -OCH3 is 1. The topological polar surface area (TPSA) is 84.3 Å². The second-order valence-electron chi connectivity index (χ2n) is 9.52. The summed E-state index contributed by atoms with van der Waals surface area (Å²) in [5.74, 6) is -0.713. The van der Waals surface area contributed by atoms with Crippen LogP contribution >= 0.6 is 0 Å². The van der Waals surface area contributed by atoms with Crippen molar-refractivity contribution < 1.29 is 23.4 Å². The first-order valence-corrected chi connectivity index (χ1v) is 11.6.